The zero-order chi connectivity index (χ0) is 23.8. The molecule has 1 aromatic carbocycles. The Kier molecular flexibility index (Phi) is 5.37. The highest BCUT2D eigenvalue weighted by molar-refractivity contribution is 6.03. The molecule has 9 heteroatoms. The van der Waals surface area contributed by atoms with E-state index in [0.717, 1.165) is 22.4 Å². The molecule has 0 aliphatic carbocycles. The number of fused-ring (bicyclic) bond motifs is 1. The number of nitrogens with zero attached hydrogens (tertiary/aromatic N) is 4. The normalized spacial score (nSPS) is 12.9. The van der Waals surface area contributed by atoms with E-state index in [1.807, 2.05) is 19.9 Å². The van der Waals surface area contributed by atoms with Crippen molar-refractivity contribution in [3.63, 3.8) is 0 Å². The second-order valence-electron chi connectivity index (χ2n) is 8.33. The van der Waals surface area contributed by atoms with Crippen molar-refractivity contribution >= 4 is 23.4 Å². The van der Waals surface area contributed by atoms with E-state index in [2.05, 4.69) is 20.2 Å². The molecular formula is C25H24N6O3. The van der Waals surface area contributed by atoms with Crippen molar-refractivity contribution in [1.82, 2.24) is 14.5 Å². The molecule has 0 saturated heterocycles. The van der Waals surface area contributed by atoms with Crippen LogP contribution in [0.2, 0.25) is 0 Å². The average molecular weight is 457 g/mol. The standard InChI is InChI=1S/C25H24N6O3/c1-15-7-11-31(19-5-3-17(4-6-19)22(32)29-23-16(2)9-12-34-23)24(33)21(15)30-10-8-20-18(14-30)13-27-25(26)28-20/h3-7,9,11-13H,8,10,14H2,1-2H3,(H,29,32)(H2,26,27,28). The SMILES string of the molecule is Cc1ccoc1NC(=O)c1ccc(-n2ccc(C)c(N3CCc4nc(N)ncc4C3)c2=O)cc1. The minimum absolute atomic E-state index is 0.122. The molecule has 0 atom stereocenters. The van der Waals surface area contributed by atoms with Gasteiger partial charge in [-0.3, -0.25) is 19.5 Å². The molecule has 3 N–H and O–H groups in total. The van der Waals surface area contributed by atoms with E-state index in [0.29, 0.717) is 42.3 Å². The lowest BCUT2D eigenvalue weighted by atomic mass is 10.1. The van der Waals surface area contributed by atoms with Gasteiger partial charge in [0.05, 0.1) is 12.0 Å². The van der Waals surface area contributed by atoms with Gasteiger partial charge in [-0.1, -0.05) is 0 Å². The number of amides is 1. The van der Waals surface area contributed by atoms with Gasteiger partial charge in [-0.25, -0.2) is 9.97 Å². The predicted octanol–water partition coefficient (Wildman–Crippen LogP) is 3.23. The molecule has 1 aliphatic rings. The smallest absolute Gasteiger partial charge is 0.278 e. The highest BCUT2D eigenvalue weighted by Gasteiger charge is 2.23. The topological polar surface area (TPSA) is 119 Å². The van der Waals surface area contributed by atoms with Gasteiger partial charge in [0, 0.05) is 54.3 Å². The summed E-state index contributed by atoms with van der Waals surface area (Å²) in [6.07, 6.45) is 5.70. The van der Waals surface area contributed by atoms with Gasteiger partial charge in [0.25, 0.3) is 11.5 Å². The van der Waals surface area contributed by atoms with Gasteiger partial charge in [0.15, 0.2) is 0 Å². The maximum absolute atomic E-state index is 13.5. The molecule has 1 aliphatic heterocycles. The molecule has 3 aromatic heterocycles. The lowest BCUT2D eigenvalue weighted by Crippen LogP contribution is -2.37. The van der Waals surface area contributed by atoms with Gasteiger partial charge in [0.2, 0.25) is 11.8 Å². The lowest BCUT2D eigenvalue weighted by molar-refractivity contribution is 0.102. The summed E-state index contributed by atoms with van der Waals surface area (Å²) >= 11 is 0. The molecule has 4 heterocycles. The fourth-order valence-electron chi connectivity index (χ4n) is 4.18. The number of hydrogen-bond acceptors (Lipinski definition) is 7. The molecule has 0 radical (unpaired) electrons. The average Bonchev–Trinajstić information content (AvgIpc) is 3.23. The van der Waals surface area contributed by atoms with Crippen molar-refractivity contribution in [3.05, 3.63) is 93.4 Å². The number of carbonyl (C=O) groups excluding carboxylic acids is 1. The Bertz CT molecular complexity index is 1440. The number of aromatic nitrogens is 3. The summed E-state index contributed by atoms with van der Waals surface area (Å²) in [5, 5.41) is 2.75. The number of carbonyl (C=O) groups is 1. The van der Waals surface area contributed by atoms with Crippen LogP contribution < -0.4 is 21.5 Å². The number of rotatable bonds is 4. The Morgan fingerprint density at radius 1 is 1.12 bits per heavy atom. The summed E-state index contributed by atoms with van der Waals surface area (Å²) < 4.78 is 6.87. The summed E-state index contributed by atoms with van der Waals surface area (Å²) in [6.45, 7) is 4.99. The van der Waals surface area contributed by atoms with Crippen molar-refractivity contribution in [2.75, 3.05) is 22.5 Å². The van der Waals surface area contributed by atoms with Gasteiger partial charge < -0.3 is 15.1 Å². The monoisotopic (exact) mass is 456 g/mol. The van der Waals surface area contributed by atoms with Crippen LogP contribution in [0.3, 0.4) is 0 Å². The molecule has 0 bridgehead atoms. The number of pyridine rings is 1. The van der Waals surface area contributed by atoms with Crippen molar-refractivity contribution in [1.29, 1.82) is 0 Å². The van der Waals surface area contributed by atoms with E-state index in [1.165, 1.54) is 6.26 Å². The van der Waals surface area contributed by atoms with Gasteiger partial charge in [-0.05, 0) is 55.8 Å². The lowest BCUT2D eigenvalue weighted by Gasteiger charge is -2.30. The van der Waals surface area contributed by atoms with Crippen LogP contribution in [0.1, 0.15) is 32.7 Å². The first kappa shape index (κ1) is 21.4. The Morgan fingerprint density at radius 2 is 1.91 bits per heavy atom. The van der Waals surface area contributed by atoms with E-state index in [4.69, 9.17) is 10.2 Å². The minimum atomic E-state index is -0.281. The first-order valence-corrected chi connectivity index (χ1v) is 10.9. The van der Waals surface area contributed by atoms with Gasteiger partial charge in [-0.15, -0.1) is 0 Å². The molecule has 0 unspecified atom stereocenters. The number of aryl methyl sites for hydroxylation is 2. The Morgan fingerprint density at radius 3 is 2.65 bits per heavy atom. The van der Waals surface area contributed by atoms with Gasteiger partial charge in [-0.2, -0.15) is 0 Å². The highest BCUT2D eigenvalue weighted by atomic mass is 16.3. The first-order valence-electron chi connectivity index (χ1n) is 10.9. The number of nitrogens with one attached hydrogen (secondary N) is 1. The second kappa shape index (κ2) is 8.51. The first-order chi connectivity index (χ1) is 16.4. The van der Waals surface area contributed by atoms with Crippen LogP contribution in [0.5, 0.6) is 0 Å². The molecule has 9 nitrogen and oxygen atoms in total. The maximum Gasteiger partial charge on any atom is 0.278 e. The molecule has 172 valence electrons. The molecule has 34 heavy (non-hydrogen) atoms. The molecule has 0 saturated carbocycles. The van der Waals surface area contributed by atoms with E-state index in [1.54, 1.807) is 47.3 Å². The zero-order valence-corrected chi connectivity index (χ0v) is 18.9. The summed E-state index contributed by atoms with van der Waals surface area (Å²) in [5.41, 5.74) is 11.0. The van der Waals surface area contributed by atoms with Crippen LogP contribution in [0.15, 0.2) is 64.3 Å². The van der Waals surface area contributed by atoms with Crippen molar-refractivity contribution in [2.45, 2.75) is 26.8 Å². The molecule has 1 amide bonds. The Labute approximate surface area is 195 Å². The summed E-state index contributed by atoms with van der Waals surface area (Å²) in [4.78, 5) is 36.5. The van der Waals surface area contributed by atoms with Crippen LogP contribution in [0, 0.1) is 13.8 Å². The number of hydrogen-bond donors (Lipinski definition) is 2. The number of nitrogens with two attached hydrogens (primary N) is 1. The maximum atomic E-state index is 13.5. The van der Waals surface area contributed by atoms with Crippen molar-refractivity contribution in [2.24, 2.45) is 0 Å². The van der Waals surface area contributed by atoms with Crippen LogP contribution in [0.25, 0.3) is 5.69 Å². The van der Waals surface area contributed by atoms with Crippen LogP contribution in [0.4, 0.5) is 17.5 Å². The van der Waals surface area contributed by atoms with Gasteiger partial charge >= 0.3 is 0 Å². The summed E-state index contributed by atoms with van der Waals surface area (Å²) in [5.74, 6) is 0.405. The molecule has 0 fully saturated rings. The van der Waals surface area contributed by atoms with Crippen LogP contribution >= 0.6 is 0 Å². The number of anilines is 3. The summed E-state index contributed by atoms with van der Waals surface area (Å²) in [6, 6.07) is 10.6. The fraction of sp³-hybridized carbons (Fsp3) is 0.200. The highest BCUT2D eigenvalue weighted by Crippen LogP contribution is 2.24. The third kappa shape index (κ3) is 3.92. The van der Waals surface area contributed by atoms with Gasteiger partial charge in [0.1, 0.15) is 5.69 Å². The van der Waals surface area contributed by atoms with Crippen molar-refractivity contribution < 1.29 is 9.21 Å². The molecule has 0 spiro atoms. The van der Waals surface area contributed by atoms with Crippen LogP contribution in [-0.4, -0.2) is 27.0 Å². The van der Waals surface area contributed by atoms with E-state index in [9.17, 15) is 9.59 Å². The number of nitrogen functional groups attached to an aromatic ring is 1. The van der Waals surface area contributed by atoms with E-state index >= 15 is 0 Å². The quantitative estimate of drug-likeness (QED) is 0.484. The van der Waals surface area contributed by atoms with Crippen LogP contribution in [-0.2, 0) is 13.0 Å². The zero-order valence-electron chi connectivity index (χ0n) is 18.9. The summed E-state index contributed by atoms with van der Waals surface area (Å²) in [7, 11) is 0. The Balaban J connectivity index is 1.41. The number of furan rings is 1. The predicted molar refractivity (Wildman–Crippen MR) is 129 cm³/mol. The number of benzene rings is 1. The third-order valence-corrected chi connectivity index (χ3v) is 6.03. The second-order valence-corrected chi connectivity index (χ2v) is 8.33. The van der Waals surface area contributed by atoms with E-state index < -0.39 is 0 Å². The fourth-order valence-corrected chi connectivity index (χ4v) is 4.18. The third-order valence-electron chi connectivity index (χ3n) is 6.03. The Hall–Kier alpha value is -4.40. The van der Waals surface area contributed by atoms with Crippen molar-refractivity contribution in [3.8, 4) is 5.69 Å². The minimum Gasteiger partial charge on any atom is -0.448 e. The van der Waals surface area contributed by atoms with E-state index in [-0.39, 0.29) is 17.4 Å². The molecule has 4 aromatic rings. The largest absolute Gasteiger partial charge is 0.448 e. The molecular weight excluding hydrogens is 432 g/mol. The molecule has 5 rings (SSSR count).